The van der Waals surface area contributed by atoms with E-state index in [4.69, 9.17) is 8.83 Å². The summed E-state index contributed by atoms with van der Waals surface area (Å²) in [4.78, 5) is 21.0. The molecule has 12 heteroatoms. The first kappa shape index (κ1) is 29.1. The molecule has 4 aromatic rings. The summed E-state index contributed by atoms with van der Waals surface area (Å²) in [5, 5.41) is 10.9. The third-order valence-corrected chi connectivity index (χ3v) is 6.42. The maximum Gasteiger partial charge on any atom is 0.416 e. The standard InChI is InChI=1S/C28H24F6N2O4/c1-14-22(39-25(35-14)17-4-8-19(9-5-17)27(29,30)31)13-12-21(38)23(16(3)37)24-15(2)36-26(40-24)18-6-10-20(11-7-18)28(32,33)34/h4-11,21,23,38H,12-13H2,1-3H3. The molecular weight excluding hydrogens is 542 g/mol. The number of alkyl halides is 6. The summed E-state index contributed by atoms with van der Waals surface area (Å²) in [5.74, 6) is -0.914. The minimum absolute atomic E-state index is 0.00642. The van der Waals surface area contributed by atoms with Crippen molar-refractivity contribution in [2.24, 2.45) is 0 Å². The van der Waals surface area contributed by atoms with Gasteiger partial charge in [-0.25, -0.2) is 9.97 Å². The highest BCUT2D eigenvalue weighted by Gasteiger charge is 2.33. The predicted octanol–water partition coefficient (Wildman–Crippen LogP) is 7.32. The number of aliphatic hydroxyl groups excluding tert-OH is 1. The number of oxazole rings is 2. The lowest BCUT2D eigenvalue weighted by Crippen LogP contribution is -2.25. The van der Waals surface area contributed by atoms with E-state index in [-0.39, 0.29) is 35.9 Å². The lowest BCUT2D eigenvalue weighted by molar-refractivity contribution is -0.138. The maximum absolute atomic E-state index is 12.9. The summed E-state index contributed by atoms with van der Waals surface area (Å²) in [7, 11) is 0. The maximum atomic E-state index is 12.9. The van der Waals surface area contributed by atoms with Crippen LogP contribution in [0.4, 0.5) is 26.3 Å². The van der Waals surface area contributed by atoms with Crippen molar-refractivity contribution in [1.82, 2.24) is 9.97 Å². The van der Waals surface area contributed by atoms with E-state index in [0.29, 0.717) is 22.7 Å². The van der Waals surface area contributed by atoms with Gasteiger partial charge in [-0.05, 0) is 75.7 Å². The number of Topliss-reactive ketones (excluding diaryl/α,β-unsaturated/α-hetero) is 1. The Morgan fingerprint density at radius 3 is 1.70 bits per heavy atom. The Kier molecular flexibility index (Phi) is 7.93. The van der Waals surface area contributed by atoms with E-state index in [1.807, 2.05) is 0 Å². The van der Waals surface area contributed by atoms with Crippen LogP contribution in [0.25, 0.3) is 22.9 Å². The number of aliphatic hydroxyl groups is 1. The molecule has 0 saturated carbocycles. The zero-order valence-electron chi connectivity index (χ0n) is 21.5. The summed E-state index contributed by atoms with van der Waals surface area (Å²) in [6, 6.07) is 8.55. The Morgan fingerprint density at radius 2 is 1.25 bits per heavy atom. The van der Waals surface area contributed by atoms with Crippen LogP contribution < -0.4 is 0 Å². The van der Waals surface area contributed by atoms with Gasteiger partial charge in [0.2, 0.25) is 11.8 Å². The molecule has 2 heterocycles. The van der Waals surface area contributed by atoms with Crippen molar-refractivity contribution in [1.29, 1.82) is 0 Å². The first-order valence-electron chi connectivity index (χ1n) is 12.1. The Bertz CT molecular complexity index is 1490. The molecule has 0 aliphatic carbocycles. The number of nitrogens with zero attached hydrogens (tertiary/aromatic N) is 2. The molecule has 0 bridgehead atoms. The molecule has 4 rings (SSSR count). The van der Waals surface area contributed by atoms with Gasteiger partial charge in [-0.1, -0.05) is 0 Å². The topological polar surface area (TPSA) is 89.4 Å². The third kappa shape index (κ3) is 6.27. The van der Waals surface area contributed by atoms with E-state index in [0.717, 1.165) is 24.3 Å². The average molecular weight is 566 g/mol. The van der Waals surface area contributed by atoms with Gasteiger partial charge < -0.3 is 13.9 Å². The number of halogens is 6. The van der Waals surface area contributed by atoms with Gasteiger partial charge in [0.15, 0.2) is 0 Å². The largest absolute Gasteiger partial charge is 0.441 e. The van der Waals surface area contributed by atoms with Gasteiger partial charge in [-0.2, -0.15) is 26.3 Å². The van der Waals surface area contributed by atoms with Crippen molar-refractivity contribution < 1.29 is 45.1 Å². The van der Waals surface area contributed by atoms with Crippen LogP contribution in [0.5, 0.6) is 0 Å². The van der Waals surface area contributed by atoms with Crippen LogP contribution in [-0.4, -0.2) is 27.0 Å². The molecule has 2 aromatic carbocycles. The fourth-order valence-electron chi connectivity index (χ4n) is 4.28. The van der Waals surface area contributed by atoms with E-state index in [1.165, 1.54) is 31.2 Å². The molecule has 2 unspecified atom stereocenters. The fraction of sp³-hybridized carbons (Fsp3) is 0.321. The molecule has 2 atom stereocenters. The van der Waals surface area contributed by atoms with Gasteiger partial charge in [-0.3, -0.25) is 4.79 Å². The Hall–Kier alpha value is -3.93. The summed E-state index contributed by atoms with van der Waals surface area (Å²) in [6.45, 7) is 4.49. The molecule has 0 amide bonds. The fourth-order valence-corrected chi connectivity index (χ4v) is 4.28. The predicted molar refractivity (Wildman–Crippen MR) is 131 cm³/mol. The van der Waals surface area contributed by atoms with E-state index in [1.54, 1.807) is 13.8 Å². The normalized spacial score (nSPS) is 13.8. The minimum Gasteiger partial charge on any atom is -0.441 e. The SMILES string of the molecule is CC(=O)C(c1oc(-c2ccc(C(F)(F)F)cc2)nc1C)C(O)CCc1oc(-c2ccc(C(F)(F)F)cc2)nc1C. The van der Waals surface area contributed by atoms with Crippen LogP contribution >= 0.6 is 0 Å². The highest BCUT2D eigenvalue weighted by Crippen LogP contribution is 2.35. The van der Waals surface area contributed by atoms with Crippen LogP contribution in [0.2, 0.25) is 0 Å². The van der Waals surface area contributed by atoms with E-state index in [2.05, 4.69) is 9.97 Å². The van der Waals surface area contributed by atoms with Gasteiger partial charge in [0.1, 0.15) is 23.2 Å². The highest BCUT2D eigenvalue weighted by molar-refractivity contribution is 5.83. The highest BCUT2D eigenvalue weighted by atomic mass is 19.4. The van der Waals surface area contributed by atoms with E-state index >= 15 is 0 Å². The number of rotatable bonds is 8. The number of aromatic nitrogens is 2. The second kappa shape index (κ2) is 10.9. The third-order valence-electron chi connectivity index (χ3n) is 6.42. The van der Waals surface area contributed by atoms with Crippen molar-refractivity contribution in [2.75, 3.05) is 0 Å². The molecule has 1 N–H and O–H groups in total. The Morgan fingerprint density at radius 1 is 0.800 bits per heavy atom. The van der Waals surface area contributed by atoms with Gasteiger partial charge in [0.05, 0.1) is 28.6 Å². The van der Waals surface area contributed by atoms with E-state index < -0.39 is 41.3 Å². The molecule has 0 fully saturated rings. The molecule has 0 aliphatic heterocycles. The first-order chi connectivity index (χ1) is 18.6. The van der Waals surface area contributed by atoms with Crippen LogP contribution in [-0.2, 0) is 23.6 Å². The first-order valence-corrected chi connectivity index (χ1v) is 12.1. The number of ketones is 1. The number of hydrogen-bond acceptors (Lipinski definition) is 6. The molecule has 0 spiro atoms. The molecule has 0 saturated heterocycles. The number of hydrogen-bond donors (Lipinski definition) is 1. The van der Waals surface area contributed by atoms with Crippen molar-refractivity contribution >= 4 is 5.78 Å². The van der Waals surface area contributed by atoms with Crippen LogP contribution in [0, 0.1) is 13.8 Å². The zero-order valence-corrected chi connectivity index (χ0v) is 21.5. The smallest absolute Gasteiger partial charge is 0.416 e. The molecule has 0 aliphatic rings. The van der Waals surface area contributed by atoms with Crippen molar-refractivity contribution in [3.05, 3.63) is 82.6 Å². The van der Waals surface area contributed by atoms with Gasteiger partial charge >= 0.3 is 12.4 Å². The molecule has 6 nitrogen and oxygen atoms in total. The number of aryl methyl sites for hydroxylation is 3. The van der Waals surface area contributed by atoms with Crippen molar-refractivity contribution in [3.63, 3.8) is 0 Å². The van der Waals surface area contributed by atoms with Crippen LogP contribution in [0.1, 0.15) is 53.3 Å². The molecule has 212 valence electrons. The zero-order chi connectivity index (χ0) is 29.4. The summed E-state index contributed by atoms with van der Waals surface area (Å²) in [5.41, 5.74) is -0.246. The molecule has 0 radical (unpaired) electrons. The molecule has 40 heavy (non-hydrogen) atoms. The summed E-state index contributed by atoms with van der Waals surface area (Å²) < 4.78 is 88.7. The number of carbonyl (C=O) groups is 1. The van der Waals surface area contributed by atoms with Crippen LogP contribution in [0.15, 0.2) is 57.4 Å². The quantitative estimate of drug-likeness (QED) is 0.225. The second-order valence-electron chi connectivity index (χ2n) is 9.34. The average Bonchev–Trinajstić information content (AvgIpc) is 3.44. The summed E-state index contributed by atoms with van der Waals surface area (Å²) in [6.07, 6.45) is -10.0. The Balaban J connectivity index is 1.49. The minimum atomic E-state index is -4.50. The van der Waals surface area contributed by atoms with Gasteiger partial charge in [0, 0.05) is 17.5 Å². The van der Waals surface area contributed by atoms with Gasteiger partial charge in [0.25, 0.3) is 0 Å². The summed E-state index contributed by atoms with van der Waals surface area (Å²) >= 11 is 0. The molecular formula is C28H24F6N2O4. The number of carbonyl (C=O) groups excluding carboxylic acids is 1. The monoisotopic (exact) mass is 566 g/mol. The lowest BCUT2D eigenvalue weighted by atomic mass is 9.91. The second-order valence-corrected chi connectivity index (χ2v) is 9.34. The van der Waals surface area contributed by atoms with Crippen LogP contribution in [0.3, 0.4) is 0 Å². The Labute approximate surface area is 224 Å². The lowest BCUT2D eigenvalue weighted by Gasteiger charge is -2.18. The number of benzene rings is 2. The van der Waals surface area contributed by atoms with E-state index in [9.17, 15) is 36.2 Å². The van der Waals surface area contributed by atoms with Gasteiger partial charge in [-0.15, -0.1) is 0 Å². The van der Waals surface area contributed by atoms with Crippen molar-refractivity contribution in [2.45, 2.75) is 58.0 Å². The van der Waals surface area contributed by atoms with Crippen molar-refractivity contribution in [3.8, 4) is 22.9 Å². The molecule has 2 aromatic heterocycles.